The minimum Gasteiger partial charge on any atom is -0.497 e. The van der Waals surface area contributed by atoms with E-state index in [0.29, 0.717) is 19.2 Å². The molecule has 1 aromatic rings. The quantitative estimate of drug-likeness (QED) is 0.798. The summed E-state index contributed by atoms with van der Waals surface area (Å²) < 4.78 is 10.9. The van der Waals surface area contributed by atoms with Crippen LogP contribution in [0.1, 0.15) is 32.3 Å². The fourth-order valence-corrected chi connectivity index (χ4v) is 2.96. The summed E-state index contributed by atoms with van der Waals surface area (Å²) in [6, 6.07) is 8.16. The molecule has 0 spiro atoms. The van der Waals surface area contributed by atoms with Crippen LogP contribution in [0.3, 0.4) is 0 Å². The van der Waals surface area contributed by atoms with Crippen LogP contribution in [0, 0.1) is 0 Å². The maximum absolute atomic E-state index is 12.2. The summed E-state index contributed by atoms with van der Waals surface area (Å²) in [5.41, 5.74) is 0.997. The van der Waals surface area contributed by atoms with Gasteiger partial charge < -0.3 is 14.8 Å². The highest BCUT2D eigenvalue weighted by Gasteiger charge is 2.24. The van der Waals surface area contributed by atoms with Gasteiger partial charge in [0.1, 0.15) is 11.9 Å². The van der Waals surface area contributed by atoms with Crippen LogP contribution in [0.4, 0.5) is 0 Å². The highest BCUT2D eigenvalue weighted by molar-refractivity contribution is 5.80. The Morgan fingerprint density at radius 2 is 2.30 bits per heavy atom. The van der Waals surface area contributed by atoms with Crippen molar-refractivity contribution in [1.29, 1.82) is 0 Å². The average molecular weight is 320 g/mol. The molecule has 5 heteroatoms. The van der Waals surface area contributed by atoms with Gasteiger partial charge in [0.15, 0.2) is 0 Å². The lowest BCUT2D eigenvalue weighted by molar-refractivity contribution is -0.132. The summed E-state index contributed by atoms with van der Waals surface area (Å²) in [6.07, 6.45) is 1.92. The average Bonchev–Trinajstić information content (AvgIpc) is 3.05. The second-order valence-electron chi connectivity index (χ2n) is 5.97. The molecular formula is C18H28N2O3. The van der Waals surface area contributed by atoms with E-state index in [0.717, 1.165) is 30.8 Å². The van der Waals surface area contributed by atoms with E-state index in [1.165, 1.54) is 6.42 Å². The molecule has 0 aliphatic carbocycles. The maximum atomic E-state index is 12.2. The van der Waals surface area contributed by atoms with Crippen molar-refractivity contribution in [3.05, 3.63) is 29.8 Å². The van der Waals surface area contributed by atoms with E-state index >= 15 is 0 Å². The molecule has 128 valence electrons. The molecule has 1 heterocycles. The third-order valence-corrected chi connectivity index (χ3v) is 4.42. The third kappa shape index (κ3) is 5.22. The Kier molecular flexibility index (Phi) is 6.86. The summed E-state index contributed by atoms with van der Waals surface area (Å²) in [5, 5.41) is 3.02. The van der Waals surface area contributed by atoms with Gasteiger partial charge in [-0.15, -0.1) is 0 Å². The Bertz CT molecular complexity index is 507. The standard InChI is InChI=1S/C18H28N2O3/c1-4-20-10-6-8-16(20)12-19-18(21)14(2)23-13-15-7-5-9-17(11-15)22-3/h5,7,9,11,14,16H,4,6,8,10,12-13H2,1-3H3,(H,19,21)/t14-,16-/m1/s1. The fourth-order valence-electron chi connectivity index (χ4n) is 2.96. The Labute approximate surface area is 139 Å². The minimum absolute atomic E-state index is 0.0455. The van der Waals surface area contributed by atoms with E-state index in [1.807, 2.05) is 24.3 Å². The molecule has 1 aliphatic heterocycles. The Morgan fingerprint density at radius 1 is 1.48 bits per heavy atom. The summed E-state index contributed by atoms with van der Waals surface area (Å²) in [4.78, 5) is 14.6. The molecule has 2 atom stereocenters. The smallest absolute Gasteiger partial charge is 0.248 e. The highest BCUT2D eigenvalue weighted by Crippen LogP contribution is 2.16. The zero-order valence-corrected chi connectivity index (χ0v) is 14.4. The van der Waals surface area contributed by atoms with Crippen LogP contribution in [0.15, 0.2) is 24.3 Å². The van der Waals surface area contributed by atoms with Gasteiger partial charge in [-0.05, 0) is 50.6 Å². The van der Waals surface area contributed by atoms with Gasteiger partial charge in [-0.1, -0.05) is 19.1 Å². The molecule has 5 nitrogen and oxygen atoms in total. The van der Waals surface area contributed by atoms with Crippen LogP contribution >= 0.6 is 0 Å². The van der Waals surface area contributed by atoms with Crippen molar-refractivity contribution >= 4 is 5.91 Å². The number of methoxy groups -OCH3 is 1. The van der Waals surface area contributed by atoms with Crippen LogP contribution < -0.4 is 10.1 Å². The van der Waals surface area contributed by atoms with Gasteiger partial charge in [0, 0.05) is 12.6 Å². The Hall–Kier alpha value is -1.59. The first-order valence-electron chi connectivity index (χ1n) is 8.40. The molecule has 0 unspecified atom stereocenters. The first kappa shape index (κ1) is 17.8. The minimum atomic E-state index is -0.460. The van der Waals surface area contributed by atoms with Crippen molar-refractivity contribution in [2.75, 3.05) is 26.7 Å². The number of ether oxygens (including phenoxy) is 2. The molecule has 0 radical (unpaired) electrons. The van der Waals surface area contributed by atoms with Crippen molar-refractivity contribution in [2.45, 2.75) is 45.4 Å². The summed E-state index contributed by atoms with van der Waals surface area (Å²) in [7, 11) is 1.64. The van der Waals surface area contributed by atoms with Gasteiger partial charge in [0.25, 0.3) is 0 Å². The second kappa shape index (κ2) is 8.89. The van der Waals surface area contributed by atoms with Crippen LogP contribution in [0.25, 0.3) is 0 Å². The zero-order valence-electron chi connectivity index (χ0n) is 14.4. The van der Waals surface area contributed by atoms with Crippen molar-refractivity contribution in [2.24, 2.45) is 0 Å². The largest absolute Gasteiger partial charge is 0.497 e. The molecule has 1 aromatic carbocycles. The molecule has 23 heavy (non-hydrogen) atoms. The third-order valence-electron chi connectivity index (χ3n) is 4.42. The Balaban J connectivity index is 1.74. The predicted molar refractivity (Wildman–Crippen MR) is 90.5 cm³/mol. The van der Waals surface area contributed by atoms with E-state index in [4.69, 9.17) is 9.47 Å². The summed E-state index contributed by atoms with van der Waals surface area (Å²) in [5.74, 6) is 0.750. The molecule has 1 aliphatic rings. The number of hydrogen-bond acceptors (Lipinski definition) is 4. The van der Waals surface area contributed by atoms with Crippen LogP contribution in [-0.4, -0.2) is 49.7 Å². The first-order chi connectivity index (χ1) is 11.1. The van der Waals surface area contributed by atoms with E-state index < -0.39 is 6.10 Å². The topological polar surface area (TPSA) is 50.8 Å². The van der Waals surface area contributed by atoms with Gasteiger partial charge in [-0.3, -0.25) is 9.69 Å². The molecule has 1 fully saturated rings. The molecular weight excluding hydrogens is 292 g/mol. The number of hydrogen-bond donors (Lipinski definition) is 1. The number of nitrogens with one attached hydrogen (secondary N) is 1. The molecule has 2 rings (SSSR count). The zero-order chi connectivity index (χ0) is 16.7. The molecule has 1 N–H and O–H groups in total. The number of carbonyl (C=O) groups excluding carboxylic acids is 1. The van der Waals surface area contributed by atoms with Crippen molar-refractivity contribution in [3.63, 3.8) is 0 Å². The highest BCUT2D eigenvalue weighted by atomic mass is 16.5. The number of likely N-dealkylation sites (tertiary alicyclic amines) is 1. The number of carbonyl (C=O) groups is 1. The van der Waals surface area contributed by atoms with Crippen LogP contribution in [-0.2, 0) is 16.1 Å². The SMILES string of the molecule is CCN1CCC[C@@H]1CNC(=O)[C@@H](C)OCc1cccc(OC)c1. The number of likely N-dealkylation sites (N-methyl/N-ethyl adjacent to an activating group) is 1. The monoisotopic (exact) mass is 320 g/mol. The number of nitrogens with zero attached hydrogens (tertiary/aromatic N) is 1. The van der Waals surface area contributed by atoms with E-state index in [9.17, 15) is 4.79 Å². The molecule has 1 amide bonds. The van der Waals surface area contributed by atoms with Gasteiger partial charge in [0.05, 0.1) is 13.7 Å². The molecule has 1 saturated heterocycles. The summed E-state index contributed by atoms with van der Waals surface area (Å²) >= 11 is 0. The van der Waals surface area contributed by atoms with Gasteiger partial charge in [0.2, 0.25) is 5.91 Å². The fraction of sp³-hybridized carbons (Fsp3) is 0.611. The maximum Gasteiger partial charge on any atom is 0.248 e. The lowest BCUT2D eigenvalue weighted by Gasteiger charge is -2.23. The second-order valence-corrected chi connectivity index (χ2v) is 5.97. The molecule has 0 bridgehead atoms. The van der Waals surface area contributed by atoms with Crippen LogP contribution in [0.2, 0.25) is 0 Å². The van der Waals surface area contributed by atoms with Crippen molar-refractivity contribution in [3.8, 4) is 5.75 Å². The van der Waals surface area contributed by atoms with E-state index in [1.54, 1.807) is 14.0 Å². The van der Waals surface area contributed by atoms with Crippen molar-refractivity contribution < 1.29 is 14.3 Å². The molecule has 0 saturated carbocycles. The Morgan fingerprint density at radius 3 is 3.04 bits per heavy atom. The van der Waals surface area contributed by atoms with Gasteiger partial charge >= 0.3 is 0 Å². The lowest BCUT2D eigenvalue weighted by atomic mass is 10.2. The number of rotatable bonds is 8. The van der Waals surface area contributed by atoms with Gasteiger partial charge in [-0.2, -0.15) is 0 Å². The number of amides is 1. The van der Waals surface area contributed by atoms with E-state index in [2.05, 4.69) is 17.1 Å². The molecule has 0 aromatic heterocycles. The predicted octanol–water partition coefficient (Wildman–Crippen LogP) is 2.20. The number of benzene rings is 1. The first-order valence-corrected chi connectivity index (χ1v) is 8.40. The van der Waals surface area contributed by atoms with Crippen LogP contribution in [0.5, 0.6) is 5.75 Å². The summed E-state index contributed by atoms with van der Waals surface area (Å²) in [6.45, 7) is 7.25. The van der Waals surface area contributed by atoms with E-state index in [-0.39, 0.29) is 5.91 Å². The lowest BCUT2D eigenvalue weighted by Crippen LogP contribution is -2.43. The normalized spacial score (nSPS) is 19.5. The van der Waals surface area contributed by atoms with Gasteiger partial charge in [-0.25, -0.2) is 0 Å². The van der Waals surface area contributed by atoms with Crippen molar-refractivity contribution in [1.82, 2.24) is 10.2 Å².